The van der Waals surface area contributed by atoms with Crippen molar-refractivity contribution in [2.45, 2.75) is 19.2 Å². The smallest absolute Gasteiger partial charge is 0.123 e. The molecule has 0 saturated heterocycles. The lowest BCUT2D eigenvalue weighted by atomic mass is 10.1. The van der Waals surface area contributed by atoms with Crippen LogP contribution in [0.5, 0.6) is 0 Å². The number of pyridine rings is 1. The summed E-state index contributed by atoms with van der Waals surface area (Å²) >= 11 is 1.59. The zero-order valence-corrected chi connectivity index (χ0v) is 16.6. The fourth-order valence-electron chi connectivity index (χ4n) is 2.86. The first-order valence-corrected chi connectivity index (χ1v) is 10.3. The number of aromatic amines is 1. The number of thiazole rings is 1. The number of hydrogen-bond donors (Lipinski definition) is 3. The van der Waals surface area contributed by atoms with Crippen molar-refractivity contribution in [3.63, 3.8) is 0 Å². The topological polar surface area (TPSA) is 87.8 Å². The van der Waals surface area contributed by atoms with Crippen LogP contribution in [0.3, 0.4) is 0 Å². The lowest BCUT2D eigenvalue weighted by Gasteiger charge is -2.19. The molecule has 3 aromatic heterocycles. The molecule has 0 amide bonds. The minimum absolute atomic E-state index is 0.144. The van der Waals surface area contributed by atoms with Gasteiger partial charge in [0.2, 0.25) is 0 Å². The molecule has 7 nitrogen and oxygen atoms in total. The second-order valence-electron chi connectivity index (χ2n) is 6.43. The number of benzene rings is 1. The number of ether oxygens (including phenoxy) is 1. The minimum atomic E-state index is -0.144. The minimum Gasteiger partial charge on any atom is -0.348 e. The molecule has 148 valence electrons. The van der Waals surface area contributed by atoms with E-state index in [-0.39, 0.29) is 6.23 Å². The summed E-state index contributed by atoms with van der Waals surface area (Å²) in [6.07, 6.45) is 4.12. The summed E-state index contributed by atoms with van der Waals surface area (Å²) in [6, 6.07) is 16.1. The molecule has 0 aliphatic rings. The highest BCUT2D eigenvalue weighted by atomic mass is 32.1. The lowest BCUT2D eigenvalue weighted by molar-refractivity contribution is 0.0402. The number of nitrogens with zero attached hydrogens (tertiary/aromatic N) is 3. The van der Waals surface area contributed by atoms with E-state index in [9.17, 15) is 0 Å². The third kappa shape index (κ3) is 5.71. The first-order chi connectivity index (χ1) is 14.4. The van der Waals surface area contributed by atoms with Gasteiger partial charge in [0.15, 0.2) is 0 Å². The summed E-state index contributed by atoms with van der Waals surface area (Å²) in [6.45, 7) is 1.01. The number of nitrogens with one attached hydrogen (secondary N) is 3. The molecule has 0 spiro atoms. The van der Waals surface area contributed by atoms with Gasteiger partial charge >= 0.3 is 0 Å². The van der Waals surface area contributed by atoms with Gasteiger partial charge in [0.1, 0.15) is 18.8 Å². The van der Waals surface area contributed by atoms with E-state index >= 15 is 0 Å². The van der Waals surface area contributed by atoms with Crippen molar-refractivity contribution in [3.8, 4) is 11.3 Å². The van der Waals surface area contributed by atoms with E-state index in [2.05, 4.69) is 42.9 Å². The molecule has 0 fully saturated rings. The third-order valence-electron chi connectivity index (χ3n) is 4.36. The molecule has 1 atom stereocenters. The molecule has 4 aromatic rings. The number of aromatic nitrogens is 4. The molecule has 0 radical (unpaired) electrons. The molecule has 0 saturated carbocycles. The van der Waals surface area contributed by atoms with E-state index < -0.39 is 0 Å². The molecule has 8 heteroatoms. The van der Waals surface area contributed by atoms with Crippen LogP contribution in [0, 0.1) is 0 Å². The van der Waals surface area contributed by atoms with Gasteiger partial charge in [0, 0.05) is 42.4 Å². The fraction of sp³-hybridized carbons (Fsp3) is 0.190. The molecule has 0 unspecified atom stereocenters. The van der Waals surface area contributed by atoms with Crippen LogP contribution >= 0.6 is 11.3 Å². The Kier molecular flexibility index (Phi) is 6.59. The van der Waals surface area contributed by atoms with Crippen molar-refractivity contribution in [2.24, 2.45) is 0 Å². The number of hydrogen-bond acceptors (Lipinski definition) is 7. The van der Waals surface area contributed by atoms with Crippen LogP contribution in [-0.4, -0.2) is 33.1 Å². The Morgan fingerprint density at radius 2 is 1.97 bits per heavy atom. The average molecular weight is 407 g/mol. The second kappa shape index (κ2) is 9.92. The van der Waals surface area contributed by atoms with Crippen molar-refractivity contribution in [1.29, 1.82) is 0 Å². The largest absolute Gasteiger partial charge is 0.348 e. The molecule has 29 heavy (non-hydrogen) atoms. The van der Waals surface area contributed by atoms with Crippen molar-refractivity contribution in [3.05, 3.63) is 83.1 Å². The summed E-state index contributed by atoms with van der Waals surface area (Å²) in [5.41, 5.74) is 5.93. The van der Waals surface area contributed by atoms with E-state index in [0.29, 0.717) is 13.3 Å². The Labute approximate surface area is 173 Å². The molecule has 0 aliphatic heterocycles. The monoisotopic (exact) mass is 406 g/mol. The molecular formula is C21H22N6OS. The summed E-state index contributed by atoms with van der Waals surface area (Å²) in [5.74, 6) is 0.801. The van der Waals surface area contributed by atoms with Crippen molar-refractivity contribution < 1.29 is 4.74 Å². The SMILES string of the molecule is c1ccc(C[C@H](NCc2cscn2)OCNc2cc(-c3ccncc3)n[nH]2)cc1. The van der Waals surface area contributed by atoms with Crippen LogP contribution in [-0.2, 0) is 17.7 Å². The molecule has 3 N–H and O–H groups in total. The molecule has 3 heterocycles. The van der Waals surface area contributed by atoms with Crippen LogP contribution in [0.25, 0.3) is 11.3 Å². The van der Waals surface area contributed by atoms with Crippen molar-refractivity contribution >= 4 is 17.2 Å². The number of H-pyrrole nitrogens is 1. The maximum Gasteiger partial charge on any atom is 0.123 e. The molecule has 0 bridgehead atoms. The Balaban J connectivity index is 1.32. The van der Waals surface area contributed by atoms with Crippen molar-refractivity contribution in [1.82, 2.24) is 25.5 Å². The first-order valence-electron chi connectivity index (χ1n) is 9.32. The van der Waals surface area contributed by atoms with E-state index in [4.69, 9.17) is 4.74 Å². The Morgan fingerprint density at radius 3 is 2.76 bits per heavy atom. The van der Waals surface area contributed by atoms with E-state index in [1.165, 1.54) is 5.56 Å². The van der Waals surface area contributed by atoms with Crippen molar-refractivity contribution in [2.75, 3.05) is 12.0 Å². The van der Waals surface area contributed by atoms with E-state index in [1.807, 2.05) is 47.3 Å². The summed E-state index contributed by atoms with van der Waals surface area (Å²) < 4.78 is 6.06. The highest BCUT2D eigenvalue weighted by molar-refractivity contribution is 7.07. The van der Waals surface area contributed by atoms with Crippen LogP contribution < -0.4 is 10.6 Å². The van der Waals surface area contributed by atoms with Crippen LogP contribution in [0.1, 0.15) is 11.3 Å². The molecular weight excluding hydrogens is 384 g/mol. The maximum absolute atomic E-state index is 6.06. The Hall–Kier alpha value is -3.07. The standard InChI is InChI=1S/C21H22N6OS/c1-2-4-16(5-3-1)10-21(23-12-18-13-29-15-25-18)28-14-24-20-11-19(26-27-20)17-6-8-22-9-7-17/h1-9,11,13,15,21,23H,10,12,14H2,(H2,24,26,27)/t21-/m1/s1. The van der Waals surface area contributed by atoms with Gasteiger partial charge in [0.25, 0.3) is 0 Å². The highest BCUT2D eigenvalue weighted by Crippen LogP contribution is 2.18. The molecule has 1 aromatic carbocycles. The lowest BCUT2D eigenvalue weighted by Crippen LogP contribution is -2.35. The fourth-order valence-corrected chi connectivity index (χ4v) is 3.42. The zero-order valence-electron chi connectivity index (χ0n) is 15.8. The number of rotatable bonds is 10. The van der Waals surface area contributed by atoms with Gasteiger partial charge in [-0.3, -0.25) is 15.4 Å². The predicted octanol–water partition coefficient (Wildman–Crippen LogP) is 3.67. The van der Waals surface area contributed by atoms with Gasteiger partial charge in [-0.1, -0.05) is 30.3 Å². The van der Waals surface area contributed by atoms with Gasteiger partial charge in [-0.25, -0.2) is 4.98 Å². The quantitative estimate of drug-likeness (QED) is 0.348. The summed E-state index contributed by atoms with van der Waals surface area (Å²) in [5, 5.41) is 16.0. The summed E-state index contributed by atoms with van der Waals surface area (Å²) in [4.78, 5) is 8.35. The van der Waals surface area contributed by atoms with Crippen LogP contribution in [0.15, 0.2) is 71.8 Å². The Bertz CT molecular complexity index is 975. The van der Waals surface area contributed by atoms with Crippen LogP contribution in [0.2, 0.25) is 0 Å². The van der Waals surface area contributed by atoms with Gasteiger partial charge in [-0.2, -0.15) is 5.10 Å². The highest BCUT2D eigenvalue weighted by Gasteiger charge is 2.11. The molecule has 0 aliphatic carbocycles. The van der Waals surface area contributed by atoms with Gasteiger partial charge in [0.05, 0.1) is 16.9 Å². The average Bonchev–Trinajstić information content (AvgIpc) is 3.46. The normalized spacial score (nSPS) is 12.0. The predicted molar refractivity (Wildman–Crippen MR) is 114 cm³/mol. The van der Waals surface area contributed by atoms with Gasteiger partial charge < -0.3 is 10.1 Å². The summed E-state index contributed by atoms with van der Waals surface area (Å²) in [7, 11) is 0. The first kappa shape index (κ1) is 19.3. The Morgan fingerprint density at radius 1 is 1.10 bits per heavy atom. The second-order valence-corrected chi connectivity index (χ2v) is 7.15. The molecule has 4 rings (SSSR count). The van der Waals surface area contributed by atoms with Gasteiger partial charge in [-0.05, 0) is 17.7 Å². The zero-order chi connectivity index (χ0) is 19.7. The number of anilines is 1. The van der Waals surface area contributed by atoms with E-state index in [1.54, 1.807) is 23.7 Å². The van der Waals surface area contributed by atoms with E-state index in [0.717, 1.165) is 29.2 Å². The third-order valence-corrected chi connectivity index (χ3v) is 4.99. The maximum atomic E-state index is 6.06. The van der Waals surface area contributed by atoms with Gasteiger partial charge in [-0.15, -0.1) is 11.3 Å². The van der Waals surface area contributed by atoms with Crippen LogP contribution in [0.4, 0.5) is 5.82 Å².